The van der Waals surface area contributed by atoms with Gasteiger partial charge in [-0.1, -0.05) is 37.6 Å². The van der Waals surface area contributed by atoms with Crippen molar-refractivity contribution in [2.45, 2.75) is 49.7 Å². The lowest BCUT2D eigenvalue weighted by molar-refractivity contribution is -0.127. The largest absolute Gasteiger partial charge is 0.497 e. The van der Waals surface area contributed by atoms with Crippen LogP contribution in [0.4, 0.5) is 5.69 Å². The summed E-state index contributed by atoms with van der Waals surface area (Å²) in [6, 6.07) is 16.4. The smallest absolute Gasteiger partial charge is 0.271 e. The van der Waals surface area contributed by atoms with Gasteiger partial charge < -0.3 is 13.9 Å². The van der Waals surface area contributed by atoms with Gasteiger partial charge in [-0.15, -0.1) is 0 Å². The minimum Gasteiger partial charge on any atom is -0.497 e. The number of likely N-dealkylation sites (tertiary alicyclic amines) is 1. The molecule has 0 N–H and O–H groups in total. The minimum atomic E-state index is -4.42. The number of hydrogen-bond acceptors (Lipinski definition) is 9. The van der Waals surface area contributed by atoms with Gasteiger partial charge in [-0.25, -0.2) is 17.7 Å². The Labute approximate surface area is 274 Å². The van der Waals surface area contributed by atoms with Crippen LogP contribution in [0.5, 0.6) is 11.5 Å². The Hall–Kier alpha value is -3.90. The number of halogens is 1. The fraction of sp³-hybridized carbons (Fsp3) is 0.353. The van der Waals surface area contributed by atoms with Gasteiger partial charge in [-0.05, 0) is 80.0 Å². The molecule has 3 heterocycles. The summed E-state index contributed by atoms with van der Waals surface area (Å²) >= 11 is 6.54. The zero-order valence-corrected chi connectivity index (χ0v) is 27.8. The van der Waals surface area contributed by atoms with E-state index in [0.717, 1.165) is 29.4 Å². The molecule has 0 aliphatic carbocycles. The molecule has 2 aliphatic rings. The monoisotopic (exact) mass is 664 g/mol. The molecule has 242 valence electrons. The van der Waals surface area contributed by atoms with E-state index < -0.39 is 27.5 Å². The zero-order chi connectivity index (χ0) is 32.6. The van der Waals surface area contributed by atoms with Gasteiger partial charge in [0.05, 0.1) is 37.0 Å². The first-order valence-corrected chi connectivity index (χ1v) is 17.1. The number of ether oxygens (including phenoxy) is 2. The van der Waals surface area contributed by atoms with Crippen molar-refractivity contribution in [1.29, 1.82) is 0 Å². The highest BCUT2D eigenvalue weighted by atomic mass is 35.5. The number of anilines is 1. The molecule has 3 aromatic carbocycles. The maximum atomic E-state index is 15.5. The average molecular weight is 665 g/mol. The third-order valence-electron chi connectivity index (χ3n) is 9.03. The van der Waals surface area contributed by atoms with Gasteiger partial charge in [0.15, 0.2) is 5.54 Å². The quantitative estimate of drug-likeness (QED) is 0.191. The van der Waals surface area contributed by atoms with Crippen LogP contribution in [0, 0.1) is 0 Å². The lowest BCUT2D eigenvalue weighted by Crippen LogP contribution is -2.54. The first kappa shape index (κ1) is 32.1. The second-order valence-corrected chi connectivity index (χ2v) is 13.6. The van der Waals surface area contributed by atoms with Gasteiger partial charge >= 0.3 is 0 Å². The molecule has 0 bridgehead atoms. The van der Waals surface area contributed by atoms with E-state index in [0.29, 0.717) is 53.0 Å². The van der Waals surface area contributed by atoms with Crippen molar-refractivity contribution in [2.75, 3.05) is 38.2 Å². The van der Waals surface area contributed by atoms with E-state index in [-0.39, 0.29) is 10.6 Å². The Balaban J connectivity index is 1.65. The molecule has 1 saturated heterocycles. The summed E-state index contributed by atoms with van der Waals surface area (Å²) in [5, 5.41) is 0.296. The molecule has 2 atom stereocenters. The van der Waals surface area contributed by atoms with Crippen LogP contribution in [0.2, 0.25) is 5.02 Å². The number of methoxy groups -OCH3 is 2. The lowest BCUT2D eigenvalue weighted by Gasteiger charge is -2.41. The highest BCUT2D eigenvalue weighted by Crippen LogP contribution is 2.56. The van der Waals surface area contributed by atoms with Crippen LogP contribution in [-0.2, 0) is 26.9 Å². The SMILES string of the molecule is CCN(CC)Cc1ccc(OC)c(C2(N3CCC[C@H]3c3ncco3)C(=O)N(S(=O)(=O)c3ccc(OC)cc3)c3cc(Cl)ccc32)c1. The van der Waals surface area contributed by atoms with E-state index in [4.69, 9.17) is 25.5 Å². The summed E-state index contributed by atoms with van der Waals surface area (Å²) < 4.78 is 47.0. The van der Waals surface area contributed by atoms with Crippen LogP contribution in [-0.4, -0.2) is 63.0 Å². The number of rotatable bonds is 11. The van der Waals surface area contributed by atoms with Crippen LogP contribution in [0.3, 0.4) is 0 Å². The van der Waals surface area contributed by atoms with Crippen LogP contribution in [0.1, 0.15) is 55.3 Å². The molecule has 1 aromatic heterocycles. The first-order valence-electron chi connectivity index (χ1n) is 15.3. The topological polar surface area (TPSA) is 105 Å². The van der Waals surface area contributed by atoms with Gasteiger partial charge in [0.25, 0.3) is 15.9 Å². The van der Waals surface area contributed by atoms with Crippen LogP contribution >= 0.6 is 11.6 Å². The summed E-state index contributed by atoms with van der Waals surface area (Å²) in [4.78, 5) is 24.2. The predicted molar refractivity (Wildman–Crippen MR) is 175 cm³/mol. The molecule has 1 fully saturated rings. The van der Waals surface area contributed by atoms with E-state index in [1.807, 2.05) is 23.1 Å². The molecule has 4 aromatic rings. The van der Waals surface area contributed by atoms with Crippen LogP contribution in [0.25, 0.3) is 0 Å². The number of carbonyl (C=O) groups excluding carboxylic acids is 1. The molecule has 0 radical (unpaired) electrons. The lowest BCUT2D eigenvalue weighted by atomic mass is 9.80. The summed E-state index contributed by atoms with van der Waals surface area (Å²) in [6.07, 6.45) is 4.48. The zero-order valence-electron chi connectivity index (χ0n) is 26.3. The summed E-state index contributed by atoms with van der Waals surface area (Å²) in [7, 11) is -1.37. The Morgan fingerprint density at radius 3 is 2.43 bits per heavy atom. The molecule has 2 aliphatic heterocycles. The van der Waals surface area contributed by atoms with E-state index in [1.54, 1.807) is 43.6 Å². The standard InChI is InChI=1S/C34H37ClN4O6S/c1-5-37(6-2)22-23-9-16-31(44-4)28(20-23)34(38-18-7-8-29(38)32-36-17-19-45-32)27-15-10-24(35)21-30(27)39(33(34)40)46(41,42)26-13-11-25(43-3)12-14-26/h9-17,19-21,29H,5-8,18,22H2,1-4H3/t29-,34?/m0/s1. The highest BCUT2D eigenvalue weighted by molar-refractivity contribution is 7.93. The van der Waals surface area contributed by atoms with Gasteiger partial charge in [-0.2, -0.15) is 0 Å². The molecule has 1 amide bonds. The van der Waals surface area contributed by atoms with Gasteiger partial charge in [0.2, 0.25) is 5.89 Å². The third-order valence-corrected chi connectivity index (χ3v) is 11.0. The van der Waals surface area contributed by atoms with Crippen LogP contribution in [0.15, 0.2) is 82.4 Å². The molecule has 10 nitrogen and oxygen atoms in total. The number of sulfonamides is 1. The average Bonchev–Trinajstić information content (AvgIpc) is 3.82. The Kier molecular flexibility index (Phi) is 8.86. The second kappa shape index (κ2) is 12.7. The molecule has 12 heteroatoms. The second-order valence-electron chi connectivity index (χ2n) is 11.3. The number of aromatic nitrogens is 1. The molecule has 6 rings (SSSR count). The van der Waals surface area contributed by atoms with Crippen molar-refractivity contribution in [3.05, 3.63) is 101 Å². The number of fused-ring (bicyclic) bond motifs is 1. The molecule has 0 saturated carbocycles. The van der Waals surface area contributed by atoms with Crippen LogP contribution < -0.4 is 13.8 Å². The number of carbonyl (C=O) groups is 1. The fourth-order valence-corrected chi connectivity index (χ4v) is 8.42. The maximum Gasteiger partial charge on any atom is 0.271 e. The van der Waals surface area contributed by atoms with E-state index in [2.05, 4.69) is 23.7 Å². The van der Waals surface area contributed by atoms with Gasteiger partial charge in [0, 0.05) is 29.2 Å². The normalized spacial score (nSPS) is 20.0. The third kappa shape index (κ3) is 5.15. The van der Waals surface area contributed by atoms with E-state index in [1.165, 1.54) is 25.5 Å². The Morgan fingerprint density at radius 2 is 1.78 bits per heavy atom. The number of nitrogens with zero attached hydrogens (tertiary/aromatic N) is 4. The van der Waals surface area contributed by atoms with Crippen molar-refractivity contribution in [1.82, 2.24) is 14.8 Å². The summed E-state index contributed by atoms with van der Waals surface area (Å²) in [5.74, 6) is 0.747. The Bertz CT molecular complexity index is 1830. The molecule has 1 unspecified atom stereocenters. The highest BCUT2D eigenvalue weighted by Gasteiger charge is 2.62. The van der Waals surface area contributed by atoms with Crippen molar-refractivity contribution in [2.24, 2.45) is 0 Å². The van der Waals surface area contributed by atoms with E-state index in [9.17, 15) is 8.42 Å². The number of amides is 1. The maximum absolute atomic E-state index is 15.5. The number of hydrogen-bond donors (Lipinski definition) is 0. The van der Waals surface area contributed by atoms with Gasteiger partial charge in [0.1, 0.15) is 17.8 Å². The number of oxazole rings is 1. The summed E-state index contributed by atoms with van der Waals surface area (Å²) in [6.45, 7) is 7.00. The molecular formula is C34H37ClN4O6S. The first-order chi connectivity index (χ1) is 22.2. The number of benzene rings is 3. The van der Waals surface area contributed by atoms with Crippen molar-refractivity contribution in [3.63, 3.8) is 0 Å². The van der Waals surface area contributed by atoms with Crippen molar-refractivity contribution >= 4 is 33.2 Å². The van der Waals surface area contributed by atoms with Crippen molar-refractivity contribution < 1.29 is 27.1 Å². The van der Waals surface area contributed by atoms with E-state index >= 15 is 4.79 Å². The summed E-state index contributed by atoms with van der Waals surface area (Å²) in [5.41, 5.74) is 0.544. The molecule has 0 spiro atoms. The Morgan fingerprint density at radius 1 is 1.02 bits per heavy atom. The van der Waals surface area contributed by atoms with Crippen molar-refractivity contribution in [3.8, 4) is 11.5 Å². The predicted octanol–water partition coefficient (Wildman–Crippen LogP) is 6.00. The fourth-order valence-electron chi connectivity index (χ4n) is 6.80. The minimum absolute atomic E-state index is 0.0590. The molecule has 46 heavy (non-hydrogen) atoms. The molecular weight excluding hydrogens is 628 g/mol. The van der Waals surface area contributed by atoms with Gasteiger partial charge in [-0.3, -0.25) is 14.6 Å².